The maximum absolute atomic E-state index is 12.1. The smallest absolute Gasteiger partial charge is 0.226 e. The molecule has 3 nitrogen and oxygen atoms in total. The molecule has 1 atom stereocenters. The molecule has 0 aromatic heterocycles. The van der Waals surface area contributed by atoms with Crippen LogP contribution in [-0.2, 0) is 4.79 Å². The zero-order valence-electron chi connectivity index (χ0n) is 10.6. The molecule has 1 amide bonds. The molecule has 3 heteroatoms. The van der Waals surface area contributed by atoms with Gasteiger partial charge >= 0.3 is 0 Å². The Hall–Kier alpha value is -0.570. The summed E-state index contributed by atoms with van der Waals surface area (Å²) in [6.07, 6.45) is 6.79. The predicted octanol–water partition coefficient (Wildman–Crippen LogP) is 2.23. The van der Waals surface area contributed by atoms with Gasteiger partial charge in [0.15, 0.2) is 0 Å². The number of amides is 1. The fraction of sp³-hybridized carbons (Fsp3) is 0.923. The largest absolute Gasteiger partial charge is 0.393 e. The third-order valence-electron chi connectivity index (χ3n) is 3.80. The van der Waals surface area contributed by atoms with Crippen molar-refractivity contribution in [2.24, 2.45) is 5.41 Å². The summed E-state index contributed by atoms with van der Waals surface area (Å²) in [4.78, 5) is 12.1. The topological polar surface area (TPSA) is 49.3 Å². The summed E-state index contributed by atoms with van der Waals surface area (Å²) in [7, 11) is 0. The van der Waals surface area contributed by atoms with Crippen molar-refractivity contribution in [2.75, 3.05) is 6.54 Å². The Morgan fingerprint density at radius 1 is 1.44 bits per heavy atom. The van der Waals surface area contributed by atoms with Gasteiger partial charge in [-0.15, -0.1) is 0 Å². The minimum absolute atomic E-state index is 0.0785. The molecule has 0 saturated heterocycles. The Bertz CT molecular complexity index is 220. The fourth-order valence-corrected chi connectivity index (χ4v) is 2.58. The van der Waals surface area contributed by atoms with Gasteiger partial charge in [0.25, 0.3) is 0 Å². The van der Waals surface area contributed by atoms with Crippen LogP contribution in [0, 0.1) is 5.41 Å². The van der Waals surface area contributed by atoms with Crippen LogP contribution >= 0.6 is 0 Å². The lowest BCUT2D eigenvalue weighted by Crippen LogP contribution is -2.39. The van der Waals surface area contributed by atoms with Gasteiger partial charge < -0.3 is 10.4 Å². The normalized spacial score (nSPS) is 20.7. The first-order chi connectivity index (χ1) is 7.60. The third kappa shape index (κ3) is 3.48. The van der Waals surface area contributed by atoms with Crippen LogP contribution in [0.2, 0.25) is 0 Å². The van der Waals surface area contributed by atoms with Gasteiger partial charge in [-0.05, 0) is 39.0 Å². The Morgan fingerprint density at radius 3 is 2.56 bits per heavy atom. The number of carbonyl (C=O) groups is 1. The number of hydrogen-bond acceptors (Lipinski definition) is 2. The van der Waals surface area contributed by atoms with E-state index < -0.39 is 0 Å². The summed E-state index contributed by atoms with van der Waals surface area (Å²) in [6.45, 7) is 4.60. The van der Waals surface area contributed by atoms with E-state index in [9.17, 15) is 4.79 Å². The van der Waals surface area contributed by atoms with Gasteiger partial charge in [0, 0.05) is 12.0 Å². The molecular formula is C13H25NO2. The maximum atomic E-state index is 12.1. The van der Waals surface area contributed by atoms with E-state index >= 15 is 0 Å². The molecular weight excluding hydrogens is 202 g/mol. The molecule has 1 fully saturated rings. The number of aliphatic hydroxyl groups excluding tert-OH is 1. The zero-order valence-corrected chi connectivity index (χ0v) is 10.6. The van der Waals surface area contributed by atoms with Crippen LogP contribution in [0.4, 0.5) is 0 Å². The van der Waals surface area contributed by atoms with Crippen molar-refractivity contribution in [1.29, 1.82) is 0 Å². The van der Waals surface area contributed by atoms with Crippen LogP contribution in [0.25, 0.3) is 0 Å². The van der Waals surface area contributed by atoms with Gasteiger partial charge in [-0.2, -0.15) is 0 Å². The molecule has 1 rings (SSSR count). The lowest BCUT2D eigenvalue weighted by Gasteiger charge is -2.26. The van der Waals surface area contributed by atoms with E-state index in [4.69, 9.17) is 5.11 Å². The second kappa shape index (κ2) is 6.24. The molecule has 0 bridgehead atoms. The summed E-state index contributed by atoms with van der Waals surface area (Å²) in [5.41, 5.74) is -0.0785. The molecule has 1 saturated carbocycles. The van der Waals surface area contributed by atoms with E-state index in [1.807, 2.05) is 0 Å². The van der Waals surface area contributed by atoms with Crippen LogP contribution in [0.15, 0.2) is 0 Å². The first kappa shape index (κ1) is 13.5. The van der Waals surface area contributed by atoms with Gasteiger partial charge in [0.05, 0.1) is 6.10 Å². The second-order valence-corrected chi connectivity index (χ2v) is 5.09. The highest BCUT2D eigenvalue weighted by atomic mass is 16.3. The lowest BCUT2D eigenvalue weighted by molar-refractivity contribution is -0.131. The van der Waals surface area contributed by atoms with Gasteiger partial charge in [0.1, 0.15) is 0 Å². The minimum Gasteiger partial charge on any atom is -0.393 e. The third-order valence-corrected chi connectivity index (χ3v) is 3.80. The molecule has 0 aliphatic heterocycles. The second-order valence-electron chi connectivity index (χ2n) is 5.09. The molecule has 94 valence electrons. The summed E-state index contributed by atoms with van der Waals surface area (Å²) in [5.74, 6) is 0.234. The van der Waals surface area contributed by atoms with Gasteiger partial charge in [-0.25, -0.2) is 0 Å². The monoisotopic (exact) mass is 227 g/mol. The Kier molecular flexibility index (Phi) is 5.26. The molecule has 1 aliphatic carbocycles. The van der Waals surface area contributed by atoms with Crippen LogP contribution in [0.1, 0.15) is 58.8 Å². The van der Waals surface area contributed by atoms with Crippen LogP contribution < -0.4 is 5.32 Å². The van der Waals surface area contributed by atoms with Gasteiger partial charge in [-0.1, -0.05) is 19.8 Å². The van der Waals surface area contributed by atoms with E-state index in [1.54, 1.807) is 6.92 Å². The van der Waals surface area contributed by atoms with Crippen LogP contribution in [-0.4, -0.2) is 23.7 Å². The fourth-order valence-electron chi connectivity index (χ4n) is 2.58. The van der Waals surface area contributed by atoms with Crippen molar-refractivity contribution in [3.05, 3.63) is 0 Å². The van der Waals surface area contributed by atoms with Crippen LogP contribution in [0.3, 0.4) is 0 Å². The summed E-state index contributed by atoms with van der Waals surface area (Å²) in [6, 6.07) is 0. The number of aliphatic hydroxyl groups is 1. The Labute approximate surface area is 98.6 Å². The Morgan fingerprint density at radius 2 is 2.06 bits per heavy atom. The van der Waals surface area contributed by atoms with E-state index in [-0.39, 0.29) is 17.4 Å². The van der Waals surface area contributed by atoms with Crippen molar-refractivity contribution in [2.45, 2.75) is 64.9 Å². The van der Waals surface area contributed by atoms with Crippen molar-refractivity contribution >= 4 is 5.91 Å². The van der Waals surface area contributed by atoms with Crippen molar-refractivity contribution < 1.29 is 9.90 Å². The van der Waals surface area contributed by atoms with E-state index in [2.05, 4.69) is 12.2 Å². The molecule has 1 unspecified atom stereocenters. The molecule has 1 aliphatic rings. The van der Waals surface area contributed by atoms with Gasteiger partial charge in [0.2, 0.25) is 5.91 Å². The minimum atomic E-state index is -0.261. The van der Waals surface area contributed by atoms with E-state index in [1.165, 1.54) is 12.8 Å². The average Bonchev–Trinajstić information content (AvgIpc) is 2.73. The highest BCUT2D eigenvalue weighted by molar-refractivity contribution is 5.82. The molecule has 2 N–H and O–H groups in total. The first-order valence-corrected chi connectivity index (χ1v) is 6.57. The standard InChI is InChI=1S/C13H25NO2/c1-3-13(8-4-5-9-13)12(16)14-10-6-7-11(2)15/h11,15H,3-10H2,1-2H3,(H,14,16). The Balaban J connectivity index is 2.28. The zero-order chi connectivity index (χ0) is 12.0. The first-order valence-electron chi connectivity index (χ1n) is 6.57. The SMILES string of the molecule is CCC1(C(=O)NCCCC(C)O)CCCC1. The number of hydrogen-bond donors (Lipinski definition) is 2. The average molecular weight is 227 g/mol. The van der Waals surface area contributed by atoms with Crippen molar-refractivity contribution in [3.63, 3.8) is 0 Å². The predicted molar refractivity (Wildman–Crippen MR) is 65.1 cm³/mol. The lowest BCUT2D eigenvalue weighted by atomic mass is 9.82. The summed E-state index contributed by atoms with van der Waals surface area (Å²) >= 11 is 0. The summed E-state index contributed by atoms with van der Waals surface area (Å²) < 4.78 is 0. The quantitative estimate of drug-likeness (QED) is 0.684. The molecule has 0 aromatic rings. The number of rotatable bonds is 6. The molecule has 0 heterocycles. The van der Waals surface area contributed by atoms with Crippen LogP contribution in [0.5, 0.6) is 0 Å². The summed E-state index contributed by atoms with van der Waals surface area (Å²) in [5, 5.41) is 12.1. The van der Waals surface area contributed by atoms with Crippen molar-refractivity contribution in [3.8, 4) is 0 Å². The maximum Gasteiger partial charge on any atom is 0.226 e. The molecule has 0 spiro atoms. The molecule has 16 heavy (non-hydrogen) atoms. The highest BCUT2D eigenvalue weighted by Gasteiger charge is 2.38. The number of carbonyl (C=O) groups excluding carboxylic acids is 1. The van der Waals surface area contributed by atoms with Crippen molar-refractivity contribution in [1.82, 2.24) is 5.32 Å². The highest BCUT2D eigenvalue weighted by Crippen LogP contribution is 2.40. The molecule has 0 aromatic carbocycles. The van der Waals surface area contributed by atoms with Gasteiger partial charge in [-0.3, -0.25) is 4.79 Å². The van der Waals surface area contributed by atoms with E-state index in [0.29, 0.717) is 6.54 Å². The van der Waals surface area contributed by atoms with E-state index in [0.717, 1.165) is 32.1 Å². The number of nitrogens with one attached hydrogen (secondary N) is 1. The molecule has 0 radical (unpaired) electrons.